The Balaban J connectivity index is 1.66. The maximum absolute atomic E-state index is 13.0. The molecule has 2 aliphatic rings. The van der Waals surface area contributed by atoms with Gasteiger partial charge in [0.25, 0.3) is 11.1 Å². The van der Waals surface area contributed by atoms with Crippen LogP contribution in [-0.2, 0) is 11.3 Å². The number of fused-ring (bicyclic) bond motifs is 1. The number of hydrogen-bond donors (Lipinski definition) is 0. The zero-order chi connectivity index (χ0) is 23.2. The fourth-order valence-electron chi connectivity index (χ4n) is 4.63. The average molecular weight is 447 g/mol. The van der Waals surface area contributed by atoms with Crippen molar-refractivity contribution in [2.45, 2.75) is 53.6 Å². The van der Waals surface area contributed by atoms with Gasteiger partial charge in [-0.2, -0.15) is 0 Å². The van der Waals surface area contributed by atoms with Gasteiger partial charge in [-0.05, 0) is 93.8 Å². The molecule has 166 valence electrons. The van der Waals surface area contributed by atoms with E-state index in [-0.39, 0.29) is 16.7 Å². The van der Waals surface area contributed by atoms with E-state index in [9.17, 15) is 9.59 Å². The second-order valence-corrected chi connectivity index (χ2v) is 10.2. The summed E-state index contributed by atoms with van der Waals surface area (Å²) < 4.78 is 0. The van der Waals surface area contributed by atoms with Crippen LogP contribution in [0.25, 0.3) is 11.6 Å². The molecule has 2 heterocycles. The van der Waals surface area contributed by atoms with Crippen LogP contribution in [0.2, 0.25) is 0 Å². The third-order valence-electron chi connectivity index (χ3n) is 6.30. The highest BCUT2D eigenvalue weighted by Gasteiger charge is 2.35. The molecule has 0 unspecified atom stereocenters. The number of nitrogens with zero attached hydrogens (tertiary/aromatic N) is 2. The zero-order valence-corrected chi connectivity index (χ0v) is 20.5. The molecule has 0 bridgehead atoms. The molecule has 1 fully saturated rings. The first-order valence-electron chi connectivity index (χ1n) is 11.0. The van der Waals surface area contributed by atoms with Gasteiger partial charge in [-0.25, -0.2) is 0 Å². The van der Waals surface area contributed by atoms with E-state index in [1.807, 2.05) is 37.3 Å². The lowest BCUT2D eigenvalue weighted by Crippen LogP contribution is -2.44. The summed E-state index contributed by atoms with van der Waals surface area (Å²) in [6.07, 6.45) is 4.17. The standard InChI is InChI=1S/C27H30N2O2S/c1-7-29-23-12-18(3)21(13-22(23)19(4)15-27(29,5)6)14-24-25(30)28(26(31)32-24)16-20-10-8-17(2)9-11-20/h8-15H,7,16H2,1-6H3/b24-14-. The average Bonchev–Trinajstić information content (AvgIpc) is 2.98. The van der Waals surface area contributed by atoms with Crippen molar-refractivity contribution in [3.05, 3.63) is 75.2 Å². The highest BCUT2D eigenvalue weighted by atomic mass is 32.2. The molecule has 0 radical (unpaired) electrons. The Bertz CT molecular complexity index is 1160. The molecule has 0 spiro atoms. The van der Waals surface area contributed by atoms with Gasteiger partial charge in [-0.15, -0.1) is 0 Å². The fourth-order valence-corrected chi connectivity index (χ4v) is 5.46. The van der Waals surface area contributed by atoms with Crippen molar-refractivity contribution in [1.29, 1.82) is 0 Å². The van der Waals surface area contributed by atoms with Crippen molar-refractivity contribution in [3.8, 4) is 0 Å². The molecule has 2 aliphatic heterocycles. The first-order valence-corrected chi connectivity index (χ1v) is 11.9. The Kier molecular flexibility index (Phi) is 5.80. The number of imide groups is 1. The maximum Gasteiger partial charge on any atom is 0.293 e. The second-order valence-electron chi connectivity index (χ2n) is 9.20. The number of aryl methyl sites for hydroxylation is 2. The van der Waals surface area contributed by atoms with Crippen molar-refractivity contribution in [3.63, 3.8) is 0 Å². The molecule has 1 saturated heterocycles. The Morgan fingerprint density at radius 1 is 1.03 bits per heavy atom. The van der Waals surface area contributed by atoms with Gasteiger partial charge in [-0.1, -0.05) is 35.9 Å². The molecule has 5 heteroatoms. The second kappa shape index (κ2) is 8.28. The first kappa shape index (κ1) is 22.4. The predicted molar refractivity (Wildman–Crippen MR) is 135 cm³/mol. The summed E-state index contributed by atoms with van der Waals surface area (Å²) in [7, 11) is 0. The van der Waals surface area contributed by atoms with E-state index in [0.717, 1.165) is 40.6 Å². The van der Waals surface area contributed by atoms with Gasteiger partial charge >= 0.3 is 0 Å². The molecule has 0 aliphatic carbocycles. The summed E-state index contributed by atoms with van der Waals surface area (Å²) in [5.74, 6) is -0.221. The molecule has 0 N–H and O–H groups in total. The number of carbonyl (C=O) groups is 2. The van der Waals surface area contributed by atoms with Gasteiger partial charge < -0.3 is 4.90 Å². The van der Waals surface area contributed by atoms with Gasteiger partial charge in [0.15, 0.2) is 0 Å². The number of rotatable bonds is 4. The summed E-state index contributed by atoms with van der Waals surface area (Å²) >= 11 is 1.02. The monoisotopic (exact) mass is 446 g/mol. The zero-order valence-electron chi connectivity index (χ0n) is 19.7. The smallest absolute Gasteiger partial charge is 0.293 e. The van der Waals surface area contributed by atoms with Crippen LogP contribution in [0.1, 0.15) is 55.5 Å². The van der Waals surface area contributed by atoms with Gasteiger partial charge in [0.1, 0.15) is 0 Å². The van der Waals surface area contributed by atoms with E-state index < -0.39 is 0 Å². The normalized spacial score (nSPS) is 18.9. The molecule has 2 aromatic carbocycles. The number of carbonyl (C=O) groups excluding carboxylic acids is 2. The van der Waals surface area contributed by atoms with Gasteiger partial charge in [0.2, 0.25) is 0 Å². The van der Waals surface area contributed by atoms with Crippen molar-refractivity contribution >= 4 is 40.2 Å². The fraction of sp³-hybridized carbons (Fsp3) is 0.333. The summed E-state index contributed by atoms with van der Waals surface area (Å²) in [4.78, 5) is 29.8. The number of allylic oxidation sites excluding steroid dienone is 1. The topological polar surface area (TPSA) is 40.6 Å². The van der Waals surface area contributed by atoms with Crippen molar-refractivity contribution in [2.75, 3.05) is 11.4 Å². The van der Waals surface area contributed by atoms with Crippen molar-refractivity contribution in [1.82, 2.24) is 4.90 Å². The third kappa shape index (κ3) is 4.02. The number of likely N-dealkylation sites (N-methyl/N-ethyl adjacent to an activating group) is 1. The highest BCUT2D eigenvalue weighted by molar-refractivity contribution is 8.18. The lowest BCUT2D eigenvalue weighted by atomic mass is 9.87. The molecule has 0 saturated carbocycles. The highest BCUT2D eigenvalue weighted by Crippen LogP contribution is 2.41. The Morgan fingerprint density at radius 2 is 1.72 bits per heavy atom. The third-order valence-corrected chi connectivity index (χ3v) is 7.21. The van der Waals surface area contributed by atoms with Crippen molar-refractivity contribution in [2.24, 2.45) is 0 Å². The largest absolute Gasteiger partial charge is 0.363 e. The van der Waals surface area contributed by atoms with Gasteiger partial charge in [0, 0.05) is 17.8 Å². The molecule has 0 atom stereocenters. The number of amides is 2. The molecular weight excluding hydrogens is 416 g/mol. The van der Waals surface area contributed by atoms with E-state index in [1.165, 1.54) is 21.7 Å². The molecule has 2 aromatic rings. The number of thioether (sulfide) groups is 1. The van der Waals surface area contributed by atoms with Gasteiger partial charge in [0.05, 0.1) is 17.0 Å². The lowest BCUT2D eigenvalue weighted by Gasteiger charge is -2.43. The minimum atomic E-state index is -0.221. The van der Waals surface area contributed by atoms with Crippen LogP contribution in [0.4, 0.5) is 10.5 Å². The summed E-state index contributed by atoms with van der Waals surface area (Å²) in [5, 5.41) is -0.215. The summed E-state index contributed by atoms with van der Waals surface area (Å²) in [6.45, 7) is 14.1. The molecule has 32 heavy (non-hydrogen) atoms. The predicted octanol–water partition coefficient (Wildman–Crippen LogP) is 6.56. The van der Waals surface area contributed by atoms with Crippen LogP contribution in [0, 0.1) is 13.8 Å². The Morgan fingerprint density at radius 3 is 2.38 bits per heavy atom. The van der Waals surface area contributed by atoms with Crippen LogP contribution >= 0.6 is 11.8 Å². The summed E-state index contributed by atoms with van der Waals surface area (Å²) in [6, 6.07) is 12.3. The van der Waals surface area contributed by atoms with Crippen LogP contribution in [0.5, 0.6) is 0 Å². The van der Waals surface area contributed by atoms with E-state index in [1.54, 1.807) is 0 Å². The Labute approximate surface area is 195 Å². The minimum absolute atomic E-state index is 0.0432. The number of benzene rings is 2. The number of hydrogen-bond acceptors (Lipinski definition) is 4. The molecule has 4 nitrogen and oxygen atoms in total. The van der Waals surface area contributed by atoms with Crippen LogP contribution < -0.4 is 4.90 Å². The number of anilines is 1. The van der Waals surface area contributed by atoms with Crippen LogP contribution in [0.15, 0.2) is 47.4 Å². The Hall–Kier alpha value is -2.79. The quantitative estimate of drug-likeness (QED) is 0.499. The molecule has 2 amide bonds. The SMILES string of the molecule is CCN1c2cc(C)c(/C=C3\SC(=O)N(Cc4ccc(C)cc4)C3=O)cc2C(C)=CC1(C)C. The van der Waals surface area contributed by atoms with E-state index in [0.29, 0.717) is 11.4 Å². The van der Waals surface area contributed by atoms with Crippen molar-refractivity contribution < 1.29 is 9.59 Å². The molecular formula is C27H30N2O2S. The van der Waals surface area contributed by atoms with E-state index in [2.05, 4.69) is 57.7 Å². The molecule has 4 rings (SSSR count). The van der Waals surface area contributed by atoms with Crippen LogP contribution in [-0.4, -0.2) is 28.1 Å². The van der Waals surface area contributed by atoms with Gasteiger partial charge in [-0.3, -0.25) is 14.5 Å². The summed E-state index contributed by atoms with van der Waals surface area (Å²) in [5.41, 5.74) is 7.77. The van der Waals surface area contributed by atoms with E-state index >= 15 is 0 Å². The molecule has 0 aromatic heterocycles. The minimum Gasteiger partial charge on any atom is -0.363 e. The maximum atomic E-state index is 13.0. The van der Waals surface area contributed by atoms with Crippen LogP contribution in [0.3, 0.4) is 0 Å². The first-order chi connectivity index (χ1) is 15.1. The van der Waals surface area contributed by atoms with E-state index in [4.69, 9.17) is 0 Å². The lowest BCUT2D eigenvalue weighted by molar-refractivity contribution is -0.123.